The summed E-state index contributed by atoms with van der Waals surface area (Å²) in [6, 6.07) is 6.86. The molecule has 0 unspecified atom stereocenters. The molecule has 2 heterocycles. The van der Waals surface area contributed by atoms with Gasteiger partial charge in [0.05, 0.1) is 5.69 Å². The summed E-state index contributed by atoms with van der Waals surface area (Å²) in [7, 11) is 2.17. The molecule has 3 rings (SSSR count). The van der Waals surface area contributed by atoms with Crippen LogP contribution in [0, 0.1) is 0 Å². The van der Waals surface area contributed by atoms with Crippen molar-refractivity contribution in [2.75, 3.05) is 11.9 Å². The Labute approximate surface area is 120 Å². The van der Waals surface area contributed by atoms with Crippen LogP contribution in [0.15, 0.2) is 24.4 Å². The molecule has 1 N–H and O–H groups in total. The molecule has 0 saturated heterocycles. The number of rotatable bonds is 4. The fourth-order valence-electron chi connectivity index (χ4n) is 2.46. The zero-order valence-corrected chi connectivity index (χ0v) is 12.8. The first-order chi connectivity index (χ1) is 9.46. The quantitative estimate of drug-likeness (QED) is 0.929. The van der Waals surface area contributed by atoms with Crippen molar-refractivity contribution >= 4 is 11.5 Å². The monoisotopic (exact) mass is 272 g/mol. The van der Waals surface area contributed by atoms with Crippen molar-refractivity contribution in [1.82, 2.24) is 14.7 Å². The fraction of sp³-hybridized carbons (Fsp3) is 0.562. The number of nitrogens with zero attached hydrogens (tertiary/aromatic N) is 3. The lowest BCUT2D eigenvalue weighted by Gasteiger charge is -2.23. The first-order valence-corrected chi connectivity index (χ1v) is 7.39. The van der Waals surface area contributed by atoms with Crippen LogP contribution < -0.4 is 10.2 Å². The van der Waals surface area contributed by atoms with Gasteiger partial charge in [-0.2, -0.15) is 0 Å². The topological polar surface area (TPSA) is 32.6 Å². The summed E-state index contributed by atoms with van der Waals surface area (Å²) in [5, 5.41) is 3.58. The van der Waals surface area contributed by atoms with Crippen molar-refractivity contribution in [1.29, 1.82) is 0 Å². The van der Waals surface area contributed by atoms with Crippen LogP contribution >= 0.6 is 0 Å². The maximum Gasteiger partial charge on any atom is 0.152 e. The van der Waals surface area contributed by atoms with Gasteiger partial charge in [-0.05, 0) is 45.7 Å². The molecule has 1 saturated carbocycles. The Bertz CT molecular complexity index is 604. The van der Waals surface area contributed by atoms with E-state index in [-0.39, 0.29) is 5.54 Å². The molecule has 4 heteroatoms. The molecule has 0 radical (unpaired) electrons. The Hall–Kier alpha value is -1.55. The van der Waals surface area contributed by atoms with Gasteiger partial charge in [0.1, 0.15) is 5.65 Å². The third-order valence-electron chi connectivity index (χ3n) is 3.82. The molecule has 1 aliphatic rings. The van der Waals surface area contributed by atoms with Crippen LogP contribution in [0.3, 0.4) is 0 Å². The van der Waals surface area contributed by atoms with Gasteiger partial charge in [-0.1, -0.05) is 6.07 Å². The zero-order valence-electron chi connectivity index (χ0n) is 12.8. The van der Waals surface area contributed by atoms with Crippen LogP contribution in [0.2, 0.25) is 0 Å². The van der Waals surface area contributed by atoms with Crippen molar-refractivity contribution < 1.29 is 0 Å². The van der Waals surface area contributed by atoms with Crippen LogP contribution in [0.1, 0.15) is 39.3 Å². The van der Waals surface area contributed by atoms with Gasteiger partial charge in [-0.3, -0.25) is 0 Å². The van der Waals surface area contributed by atoms with E-state index in [2.05, 4.69) is 60.8 Å². The lowest BCUT2D eigenvalue weighted by atomic mass is 10.1. The van der Waals surface area contributed by atoms with Gasteiger partial charge in [0, 0.05) is 31.4 Å². The third kappa shape index (κ3) is 2.66. The minimum Gasteiger partial charge on any atom is -0.355 e. The smallest absolute Gasteiger partial charge is 0.152 e. The zero-order chi connectivity index (χ0) is 14.3. The Kier molecular flexibility index (Phi) is 3.21. The summed E-state index contributed by atoms with van der Waals surface area (Å²) in [5.41, 5.74) is 2.39. The first kappa shape index (κ1) is 13.4. The summed E-state index contributed by atoms with van der Waals surface area (Å²) in [6.45, 7) is 7.42. The van der Waals surface area contributed by atoms with E-state index >= 15 is 0 Å². The maximum atomic E-state index is 4.82. The van der Waals surface area contributed by atoms with Crippen LogP contribution in [-0.4, -0.2) is 28.0 Å². The lowest BCUT2D eigenvalue weighted by molar-refractivity contribution is 0.420. The highest BCUT2D eigenvalue weighted by molar-refractivity contribution is 5.56. The number of nitrogens with one attached hydrogen (secondary N) is 1. The number of pyridine rings is 1. The normalized spacial score (nSPS) is 15.8. The second kappa shape index (κ2) is 4.77. The van der Waals surface area contributed by atoms with Gasteiger partial charge in [-0.15, -0.1) is 0 Å². The Morgan fingerprint density at radius 2 is 2.10 bits per heavy atom. The third-order valence-corrected chi connectivity index (χ3v) is 3.82. The molecule has 1 aliphatic carbocycles. The summed E-state index contributed by atoms with van der Waals surface area (Å²) in [4.78, 5) is 7.16. The molecule has 2 aromatic heterocycles. The Morgan fingerprint density at radius 3 is 2.75 bits per heavy atom. The highest BCUT2D eigenvalue weighted by atomic mass is 15.3. The van der Waals surface area contributed by atoms with Crippen molar-refractivity contribution in [3.63, 3.8) is 0 Å². The number of hydrogen-bond acceptors (Lipinski definition) is 3. The standard InChI is InChI=1S/C16H24N4/c1-16(2,3)17-11-13-15(19(4)12-8-9-12)18-14-7-5-6-10-20(13)14/h5-7,10,12,17H,8-9,11H2,1-4H3. The molecule has 108 valence electrons. The Balaban J connectivity index is 1.98. The summed E-state index contributed by atoms with van der Waals surface area (Å²) >= 11 is 0. The van der Waals surface area contributed by atoms with E-state index < -0.39 is 0 Å². The second-order valence-corrected chi connectivity index (χ2v) is 6.76. The van der Waals surface area contributed by atoms with Crippen molar-refractivity contribution in [2.24, 2.45) is 0 Å². The molecule has 0 spiro atoms. The molecular weight excluding hydrogens is 248 g/mol. The predicted octanol–water partition coefficient (Wildman–Crippen LogP) is 2.82. The largest absolute Gasteiger partial charge is 0.355 e. The van der Waals surface area contributed by atoms with Gasteiger partial charge in [0.25, 0.3) is 0 Å². The van der Waals surface area contributed by atoms with E-state index in [1.807, 2.05) is 6.07 Å². The Morgan fingerprint density at radius 1 is 1.35 bits per heavy atom. The van der Waals surface area contributed by atoms with Gasteiger partial charge in [0.15, 0.2) is 5.82 Å². The molecule has 1 fully saturated rings. The molecule has 0 amide bonds. The minimum atomic E-state index is 0.106. The number of aromatic nitrogens is 2. The van der Waals surface area contributed by atoms with Gasteiger partial charge in [-0.25, -0.2) is 4.98 Å². The number of hydrogen-bond donors (Lipinski definition) is 1. The van der Waals surface area contributed by atoms with Crippen molar-refractivity contribution in [3.8, 4) is 0 Å². The van der Waals surface area contributed by atoms with Crippen LogP contribution in [0.4, 0.5) is 5.82 Å². The molecule has 0 aromatic carbocycles. The highest BCUT2D eigenvalue weighted by Gasteiger charge is 2.30. The number of fused-ring (bicyclic) bond motifs is 1. The van der Waals surface area contributed by atoms with E-state index in [1.165, 1.54) is 18.5 Å². The molecule has 0 aliphatic heterocycles. The van der Waals surface area contributed by atoms with Crippen LogP contribution in [0.5, 0.6) is 0 Å². The molecule has 4 nitrogen and oxygen atoms in total. The van der Waals surface area contributed by atoms with E-state index in [9.17, 15) is 0 Å². The highest BCUT2D eigenvalue weighted by Crippen LogP contribution is 2.32. The van der Waals surface area contributed by atoms with Gasteiger partial charge in [0.2, 0.25) is 0 Å². The van der Waals surface area contributed by atoms with Gasteiger partial charge < -0.3 is 14.6 Å². The summed E-state index contributed by atoms with van der Waals surface area (Å²) in [5.74, 6) is 1.12. The van der Waals surface area contributed by atoms with Crippen LogP contribution in [-0.2, 0) is 6.54 Å². The molecule has 20 heavy (non-hydrogen) atoms. The van der Waals surface area contributed by atoms with Crippen LogP contribution in [0.25, 0.3) is 5.65 Å². The number of imidazole rings is 1. The molecule has 0 bridgehead atoms. The summed E-state index contributed by atoms with van der Waals surface area (Å²) in [6.07, 6.45) is 4.68. The lowest BCUT2D eigenvalue weighted by Crippen LogP contribution is -2.36. The minimum absolute atomic E-state index is 0.106. The first-order valence-electron chi connectivity index (χ1n) is 7.39. The van der Waals surface area contributed by atoms with Crippen molar-refractivity contribution in [3.05, 3.63) is 30.1 Å². The van der Waals surface area contributed by atoms with E-state index in [4.69, 9.17) is 4.98 Å². The average Bonchev–Trinajstić information content (AvgIpc) is 3.16. The average molecular weight is 272 g/mol. The maximum absolute atomic E-state index is 4.82. The van der Waals surface area contributed by atoms with Gasteiger partial charge >= 0.3 is 0 Å². The fourth-order valence-corrected chi connectivity index (χ4v) is 2.46. The van der Waals surface area contributed by atoms with Crippen molar-refractivity contribution in [2.45, 2.75) is 51.7 Å². The van der Waals surface area contributed by atoms with E-state index in [0.717, 1.165) is 18.0 Å². The van der Waals surface area contributed by atoms with E-state index in [0.29, 0.717) is 6.04 Å². The summed E-state index contributed by atoms with van der Waals surface area (Å²) < 4.78 is 2.20. The molecule has 0 atom stereocenters. The number of anilines is 1. The van der Waals surface area contributed by atoms with E-state index in [1.54, 1.807) is 0 Å². The SMILES string of the molecule is CN(c1nc2ccccn2c1CNC(C)(C)C)C1CC1. The predicted molar refractivity (Wildman–Crippen MR) is 83.2 cm³/mol. The molecule has 2 aromatic rings. The molecular formula is C16H24N4. The second-order valence-electron chi connectivity index (χ2n) is 6.76.